The maximum Gasteiger partial charge on any atom is 0.0576 e. The second kappa shape index (κ2) is 22.6. The first kappa shape index (κ1) is 37.9. The summed E-state index contributed by atoms with van der Waals surface area (Å²) in [5.41, 5.74) is 0. The van der Waals surface area contributed by atoms with Crippen LogP contribution in [0.2, 0.25) is 0 Å². The highest BCUT2D eigenvalue weighted by atomic mass is 79.9. The van der Waals surface area contributed by atoms with E-state index in [-0.39, 0.29) is 0 Å². The molecule has 0 saturated heterocycles. The third kappa shape index (κ3) is 22.3. The third-order valence-corrected chi connectivity index (χ3v) is 9.16. The molecule has 37 heavy (non-hydrogen) atoms. The second-order valence-corrected chi connectivity index (χ2v) is 16.8. The highest BCUT2D eigenvalue weighted by molar-refractivity contribution is 9.09. The molecule has 0 aliphatic carbocycles. The molecule has 0 rings (SSSR count). The van der Waals surface area contributed by atoms with E-state index in [4.69, 9.17) is 4.74 Å². The van der Waals surface area contributed by atoms with E-state index in [9.17, 15) is 0 Å². The summed E-state index contributed by atoms with van der Waals surface area (Å²) < 4.78 is 6.64. The number of alkyl halides is 2. The van der Waals surface area contributed by atoms with Crippen molar-refractivity contribution in [3.63, 3.8) is 0 Å². The molecular formula is C34H68Br2O. The quantitative estimate of drug-likeness (QED) is 0.0943. The van der Waals surface area contributed by atoms with Crippen molar-refractivity contribution in [3.05, 3.63) is 0 Å². The van der Waals surface area contributed by atoms with Gasteiger partial charge in [0, 0.05) is 9.65 Å². The fourth-order valence-corrected chi connectivity index (χ4v) is 8.15. The van der Waals surface area contributed by atoms with Gasteiger partial charge in [-0.2, -0.15) is 0 Å². The van der Waals surface area contributed by atoms with E-state index in [1.807, 2.05) is 0 Å². The van der Waals surface area contributed by atoms with Crippen LogP contribution in [0.4, 0.5) is 0 Å². The minimum atomic E-state index is 0.450. The lowest BCUT2D eigenvalue weighted by atomic mass is 9.86. The van der Waals surface area contributed by atoms with Crippen molar-refractivity contribution in [2.24, 2.45) is 35.5 Å². The van der Waals surface area contributed by atoms with Crippen molar-refractivity contribution < 1.29 is 4.74 Å². The average molecular weight is 653 g/mol. The minimum absolute atomic E-state index is 0.450. The molecule has 0 spiro atoms. The van der Waals surface area contributed by atoms with Crippen molar-refractivity contribution in [3.8, 4) is 0 Å². The lowest BCUT2D eigenvalue weighted by Crippen LogP contribution is -2.22. The van der Waals surface area contributed by atoms with Gasteiger partial charge in [0.1, 0.15) is 0 Å². The van der Waals surface area contributed by atoms with Gasteiger partial charge in [-0.25, -0.2) is 0 Å². The summed E-state index contributed by atoms with van der Waals surface area (Å²) in [4.78, 5) is 1.29. The Kier molecular flexibility index (Phi) is 23.2. The van der Waals surface area contributed by atoms with Gasteiger partial charge in [-0.05, 0) is 99.7 Å². The Bertz CT molecular complexity index is 464. The molecule has 0 radical (unpaired) electrons. The summed E-state index contributed by atoms with van der Waals surface area (Å²) in [7, 11) is 0. The number of rotatable bonds is 24. The summed E-state index contributed by atoms with van der Waals surface area (Å²) >= 11 is 7.44. The SMILES string of the molecule is CCC(CCCC(C)CC(C)CC(C)CC(C)Br)OC(CC)CCCC(C)CC(C)CC(C)CC(C)Br. The Morgan fingerprint density at radius 1 is 0.432 bits per heavy atom. The molecule has 0 N–H and O–H groups in total. The number of ether oxygens (including phenoxy) is 1. The van der Waals surface area contributed by atoms with Crippen LogP contribution in [0.15, 0.2) is 0 Å². The molecule has 10 unspecified atom stereocenters. The molecule has 3 heteroatoms. The van der Waals surface area contributed by atoms with Crippen LogP contribution in [0.25, 0.3) is 0 Å². The molecule has 0 heterocycles. The molecule has 0 saturated carbocycles. The van der Waals surface area contributed by atoms with Crippen molar-refractivity contribution in [2.75, 3.05) is 0 Å². The smallest absolute Gasteiger partial charge is 0.0576 e. The van der Waals surface area contributed by atoms with E-state index in [1.165, 1.54) is 77.0 Å². The Morgan fingerprint density at radius 2 is 0.730 bits per heavy atom. The van der Waals surface area contributed by atoms with Gasteiger partial charge in [-0.3, -0.25) is 0 Å². The summed E-state index contributed by atoms with van der Waals surface area (Å²) in [5, 5.41) is 0. The van der Waals surface area contributed by atoms with E-state index in [0.717, 1.165) is 48.3 Å². The molecule has 0 bridgehead atoms. The molecule has 0 aromatic heterocycles. The molecule has 0 aliphatic heterocycles. The van der Waals surface area contributed by atoms with Gasteiger partial charge < -0.3 is 4.74 Å². The van der Waals surface area contributed by atoms with E-state index >= 15 is 0 Å². The first-order valence-electron chi connectivity index (χ1n) is 16.3. The molecule has 224 valence electrons. The first-order chi connectivity index (χ1) is 17.4. The Morgan fingerprint density at radius 3 is 1.03 bits per heavy atom. The predicted octanol–water partition coefficient (Wildman–Crippen LogP) is 12.6. The molecular weight excluding hydrogens is 584 g/mol. The van der Waals surface area contributed by atoms with Crippen molar-refractivity contribution >= 4 is 31.9 Å². The number of halogens is 2. The van der Waals surface area contributed by atoms with Gasteiger partial charge in [0.2, 0.25) is 0 Å². The molecule has 1 nitrogen and oxygen atoms in total. The normalized spacial score (nSPS) is 20.4. The van der Waals surface area contributed by atoms with Crippen LogP contribution in [0.5, 0.6) is 0 Å². The maximum absolute atomic E-state index is 6.64. The van der Waals surface area contributed by atoms with E-state index < -0.39 is 0 Å². The van der Waals surface area contributed by atoms with E-state index in [2.05, 4.69) is 101 Å². The van der Waals surface area contributed by atoms with Gasteiger partial charge in [0.05, 0.1) is 12.2 Å². The van der Waals surface area contributed by atoms with Crippen molar-refractivity contribution in [1.82, 2.24) is 0 Å². The highest BCUT2D eigenvalue weighted by Crippen LogP contribution is 2.28. The fraction of sp³-hybridized carbons (Fsp3) is 1.00. The highest BCUT2D eigenvalue weighted by Gasteiger charge is 2.18. The summed E-state index contributed by atoms with van der Waals surface area (Å²) in [6, 6.07) is 0. The van der Waals surface area contributed by atoms with Crippen LogP contribution in [0.3, 0.4) is 0 Å². The topological polar surface area (TPSA) is 9.23 Å². The van der Waals surface area contributed by atoms with Crippen LogP contribution >= 0.6 is 31.9 Å². The Balaban J connectivity index is 4.22. The third-order valence-electron chi connectivity index (χ3n) is 8.41. The molecule has 0 amide bonds. The second-order valence-electron chi connectivity index (χ2n) is 13.7. The predicted molar refractivity (Wildman–Crippen MR) is 176 cm³/mol. The fourth-order valence-electron chi connectivity index (χ4n) is 6.87. The summed E-state index contributed by atoms with van der Waals surface area (Å²) in [6.45, 7) is 23.9. The van der Waals surface area contributed by atoms with Gasteiger partial charge in [-0.15, -0.1) is 0 Å². The average Bonchev–Trinajstić information content (AvgIpc) is 2.75. The van der Waals surface area contributed by atoms with Crippen LogP contribution in [-0.4, -0.2) is 21.9 Å². The zero-order valence-corrected chi connectivity index (χ0v) is 30.0. The van der Waals surface area contributed by atoms with Gasteiger partial charge in [-0.1, -0.05) is 127 Å². The van der Waals surface area contributed by atoms with E-state index in [1.54, 1.807) is 0 Å². The minimum Gasteiger partial charge on any atom is -0.375 e. The number of hydrogen-bond donors (Lipinski definition) is 0. The Labute approximate surface area is 252 Å². The molecule has 0 aliphatic rings. The summed E-state index contributed by atoms with van der Waals surface area (Å²) in [5.74, 6) is 4.99. The summed E-state index contributed by atoms with van der Waals surface area (Å²) in [6.07, 6.45) is 19.1. The van der Waals surface area contributed by atoms with Gasteiger partial charge in [0.25, 0.3) is 0 Å². The lowest BCUT2D eigenvalue weighted by molar-refractivity contribution is -0.0265. The lowest BCUT2D eigenvalue weighted by Gasteiger charge is -2.25. The molecule has 0 fully saturated rings. The van der Waals surface area contributed by atoms with Crippen LogP contribution in [0, 0.1) is 35.5 Å². The van der Waals surface area contributed by atoms with Crippen LogP contribution in [0.1, 0.15) is 159 Å². The maximum atomic E-state index is 6.64. The first-order valence-corrected chi connectivity index (χ1v) is 18.1. The zero-order valence-electron chi connectivity index (χ0n) is 26.8. The van der Waals surface area contributed by atoms with Gasteiger partial charge in [0.15, 0.2) is 0 Å². The molecule has 10 atom stereocenters. The van der Waals surface area contributed by atoms with Gasteiger partial charge >= 0.3 is 0 Å². The molecule has 0 aromatic carbocycles. The van der Waals surface area contributed by atoms with Crippen molar-refractivity contribution in [2.45, 2.75) is 181 Å². The zero-order chi connectivity index (χ0) is 28.4. The van der Waals surface area contributed by atoms with E-state index in [0.29, 0.717) is 21.9 Å². The molecule has 0 aromatic rings. The van der Waals surface area contributed by atoms with Crippen LogP contribution < -0.4 is 0 Å². The van der Waals surface area contributed by atoms with Crippen molar-refractivity contribution in [1.29, 1.82) is 0 Å². The van der Waals surface area contributed by atoms with Crippen LogP contribution in [-0.2, 0) is 4.74 Å². The Hall–Kier alpha value is 0.920. The largest absolute Gasteiger partial charge is 0.375 e. The monoisotopic (exact) mass is 650 g/mol. The number of hydrogen-bond acceptors (Lipinski definition) is 1. The standard InChI is InChI=1S/C34H68Br2O/c1-11-33(17-13-15-25(3)19-27(5)21-29(7)23-31(9)35)37-34(12-2)18-14-16-26(4)20-28(6)22-30(8)24-32(10)36/h25-34H,11-24H2,1-10H3.